The van der Waals surface area contributed by atoms with E-state index in [1.165, 1.54) is 0 Å². The third kappa shape index (κ3) is 10.3. The van der Waals surface area contributed by atoms with Gasteiger partial charge in [0.15, 0.2) is 5.96 Å². The summed E-state index contributed by atoms with van der Waals surface area (Å²) in [5.41, 5.74) is 1.16. The van der Waals surface area contributed by atoms with Crippen molar-refractivity contribution in [2.75, 3.05) is 47.6 Å². The minimum Gasteiger partial charge on any atom is -0.382 e. The normalized spacial score (nSPS) is 11.1. The lowest BCUT2D eigenvalue weighted by atomic mass is 10.2. The molecule has 0 fully saturated rings. The molecule has 138 valence electrons. The van der Waals surface area contributed by atoms with Crippen LogP contribution in [0.5, 0.6) is 0 Å². The number of methoxy groups -OCH3 is 1. The van der Waals surface area contributed by atoms with Gasteiger partial charge in [-0.2, -0.15) is 0 Å². The van der Waals surface area contributed by atoms with Crippen molar-refractivity contribution >= 4 is 41.5 Å². The predicted molar refractivity (Wildman–Crippen MR) is 112 cm³/mol. The Bertz CT molecular complexity index is 475. The van der Waals surface area contributed by atoms with E-state index in [4.69, 9.17) is 21.1 Å². The van der Waals surface area contributed by atoms with Crippen molar-refractivity contribution < 1.29 is 9.47 Å². The molecule has 7 heteroatoms. The number of nitrogens with zero attached hydrogens (tertiary/aromatic N) is 2. The van der Waals surface area contributed by atoms with Crippen molar-refractivity contribution in [2.45, 2.75) is 19.4 Å². The Balaban J connectivity index is 0.00000529. The highest BCUT2D eigenvalue weighted by atomic mass is 127. The zero-order valence-electron chi connectivity index (χ0n) is 14.8. The average Bonchev–Trinajstić information content (AvgIpc) is 2.53. The highest BCUT2D eigenvalue weighted by molar-refractivity contribution is 14.0. The molecular weight excluding hydrogens is 441 g/mol. The standard InChI is InChI=1S/C17H28ClN3O2.HI/c1-19-17(20-9-4-5-10-23-12-11-22-3)21(2)14-15-7-6-8-16(18)13-15;/h6-8,13H,4-5,9-12,14H2,1-3H3,(H,19,20);1H. The molecule has 0 aliphatic rings. The third-order valence-corrected chi connectivity index (χ3v) is 3.55. The van der Waals surface area contributed by atoms with E-state index in [0.717, 1.165) is 49.1 Å². The molecule has 0 heterocycles. The first-order valence-corrected chi connectivity index (χ1v) is 8.28. The van der Waals surface area contributed by atoms with Gasteiger partial charge in [0.25, 0.3) is 0 Å². The fourth-order valence-electron chi connectivity index (χ4n) is 2.14. The molecule has 1 aromatic carbocycles. The molecule has 0 saturated carbocycles. The second-order valence-electron chi connectivity index (χ2n) is 5.27. The van der Waals surface area contributed by atoms with E-state index in [0.29, 0.717) is 13.2 Å². The molecule has 24 heavy (non-hydrogen) atoms. The Morgan fingerprint density at radius 2 is 2.04 bits per heavy atom. The number of halogens is 2. The van der Waals surface area contributed by atoms with Crippen LogP contribution in [0.4, 0.5) is 0 Å². The van der Waals surface area contributed by atoms with E-state index in [2.05, 4.69) is 21.3 Å². The smallest absolute Gasteiger partial charge is 0.193 e. The van der Waals surface area contributed by atoms with Crippen LogP contribution in [0.15, 0.2) is 29.3 Å². The summed E-state index contributed by atoms with van der Waals surface area (Å²) in [5.74, 6) is 0.880. The maximum absolute atomic E-state index is 6.02. The van der Waals surface area contributed by atoms with Crippen LogP contribution in [0, 0.1) is 0 Å². The number of hydrogen-bond acceptors (Lipinski definition) is 3. The molecule has 1 aromatic rings. The van der Waals surface area contributed by atoms with Gasteiger partial charge in [0.2, 0.25) is 0 Å². The fourth-order valence-corrected chi connectivity index (χ4v) is 2.36. The molecule has 0 saturated heterocycles. The minimum atomic E-state index is 0. The third-order valence-electron chi connectivity index (χ3n) is 3.31. The van der Waals surface area contributed by atoms with Gasteiger partial charge in [0, 0.05) is 45.9 Å². The number of guanidine groups is 1. The number of aliphatic imine (C=N–C) groups is 1. The van der Waals surface area contributed by atoms with Crippen LogP contribution in [0.3, 0.4) is 0 Å². The molecule has 0 amide bonds. The lowest BCUT2D eigenvalue weighted by Gasteiger charge is -2.22. The van der Waals surface area contributed by atoms with Crippen LogP contribution < -0.4 is 5.32 Å². The van der Waals surface area contributed by atoms with Gasteiger partial charge in [0.05, 0.1) is 13.2 Å². The van der Waals surface area contributed by atoms with E-state index in [9.17, 15) is 0 Å². The molecule has 0 radical (unpaired) electrons. The zero-order valence-corrected chi connectivity index (χ0v) is 17.8. The summed E-state index contributed by atoms with van der Waals surface area (Å²) in [6.07, 6.45) is 2.06. The number of nitrogens with one attached hydrogen (secondary N) is 1. The van der Waals surface area contributed by atoms with Crippen molar-refractivity contribution in [2.24, 2.45) is 4.99 Å². The van der Waals surface area contributed by atoms with E-state index >= 15 is 0 Å². The van der Waals surface area contributed by atoms with Crippen LogP contribution >= 0.6 is 35.6 Å². The molecule has 0 bridgehead atoms. The van der Waals surface area contributed by atoms with Crippen molar-refractivity contribution in [3.63, 3.8) is 0 Å². The molecule has 0 aromatic heterocycles. The first kappa shape index (κ1) is 23.4. The summed E-state index contributed by atoms with van der Waals surface area (Å²) >= 11 is 6.02. The Hall–Kier alpha value is -0.570. The quantitative estimate of drug-likeness (QED) is 0.247. The van der Waals surface area contributed by atoms with Gasteiger partial charge < -0.3 is 19.7 Å². The van der Waals surface area contributed by atoms with Crippen molar-refractivity contribution in [1.82, 2.24) is 10.2 Å². The van der Waals surface area contributed by atoms with Crippen LogP contribution in [0.25, 0.3) is 0 Å². The van der Waals surface area contributed by atoms with Crippen molar-refractivity contribution in [3.8, 4) is 0 Å². The lowest BCUT2D eigenvalue weighted by molar-refractivity contribution is 0.0689. The van der Waals surface area contributed by atoms with E-state index in [-0.39, 0.29) is 24.0 Å². The van der Waals surface area contributed by atoms with E-state index in [1.54, 1.807) is 14.2 Å². The number of ether oxygens (including phenoxy) is 2. The summed E-state index contributed by atoms with van der Waals surface area (Å²) in [7, 11) is 5.49. The Kier molecular flexibility index (Phi) is 14.4. The second kappa shape index (κ2) is 14.7. The predicted octanol–water partition coefficient (Wildman–Crippen LogP) is 3.41. The van der Waals surface area contributed by atoms with E-state index in [1.807, 2.05) is 25.2 Å². The second-order valence-corrected chi connectivity index (χ2v) is 5.71. The average molecular weight is 470 g/mol. The topological polar surface area (TPSA) is 46.1 Å². The maximum atomic E-state index is 6.02. The molecule has 0 aliphatic carbocycles. The first-order chi connectivity index (χ1) is 11.2. The SMILES string of the molecule is CN=C(NCCCCOCCOC)N(C)Cc1cccc(Cl)c1.I. The molecule has 1 N–H and O–H groups in total. The maximum Gasteiger partial charge on any atom is 0.193 e. The number of hydrogen-bond donors (Lipinski definition) is 1. The minimum absolute atomic E-state index is 0. The number of unbranched alkanes of at least 4 members (excludes halogenated alkanes) is 1. The van der Waals surface area contributed by atoms with Gasteiger partial charge in [0.1, 0.15) is 0 Å². The zero-order chi connectivity index (χ0) is 16.9. The molecule has 0 unspecified atom stereocenters. The van der Waals surface area contributed by atoms with Gasteiger partial charge in [-0.05, 0) is 30.5 Å². The van der Waals surface area contributed by atoms with Gasteiger partial charge in [-0.1, -0.05) is 23.7 Å². The molecule has 0 spiro atoms. The van der Waals surface area contributed by atoms with Crippen LogP contribution in [-0.4, -0.2) is 58.4 Å². The number of benzene rings is 1. The fraction of sp³-hybridized carbons (Fsp3) is 0.588. The molecular formula is C17H29ClIN3O2. The van der Waals surface area contributed by atoms with Crippen molar-refractivity contribution in [3.05, 3.63) is 34.9 Å². The monoisotopic (exact) mass is 469 g/mol. The number of rotatable bonds is 10. The van der Waals surface area contributed by atoms with Gasteiger partial charge in [-0.25, -0.2) is 0 Å². The highest BCUT2D eigenvalue weighted by Gasteiger charge is 2.06. The van der Waals surface area contributed by atoms with Crippen LogP contribution in [0.2, 0.25) is 5.02 Å². The van der Waals surface area contributed by atoms with Gasteiger partial charge in [-0.3, -0.25) is 4.99 Å². The largest absolute Gasteiger partial charge is 0.382 e. The molecule has 0 aliphatic heterocycles. The summed E-state index contributed by atoms with van der Waals surface area (Å²) in [6.45, 7) is 3.72. The molecule has 1 rings (SSSR count). The van der Waals surface area contributed by atoms with Gasteiger partial charge >= 0.3 is 0 Å². The van der Waals surface area contributed by atoms with Crippen LogP contribution in [-0.2, 0) is 16.0 Å². The lowest BCUT2D eigenvalue weighted by Crippen LogP contribution is -2.38. The van der Waals surface area contributed by atoms with Gasteiger partial charge in [-0.15, -0.1) is 24.0 Å². The Morgan fingerprint density at radius 1 is 1.25 bits per heavy atom. The van der Waals surface area contributed by atoms with Crippen molar-refractivity contribution in [1.29, 1.82) is 0 Å². The molecule has 0 atom stereocenters. The van der Waals surface area contributed by atoms with E-state index < -0.39 is 0 Å². The summed E-state index contributed by atoms with van der Waals surface area (Å²) in [4.78, 5) is 6.40. The summed E-state index contributed by atoms with van der Waals surface area (Å²) in [6, 6.07) is 7.88. The highest BCUT2D eigenvalue weighted by Crippen LogP contribution is 2.12. The molecule has 5 nitrogen and oxygen atoms in total. The summed E-state index contributed by atoms with van der Waals surface area (Å²) < 4.78 is 10.4. The Labute approximate surface area is 167 Å². The summed E-state index contributed by atoms with van der Waals surface area (Å²) in [5, 5.41) is 4.13. The Morgan fingerprint density at radius 3 is 2.71 bits per heavy atom. The van der Waals surface area contributed by atoms with Crippen LogP contribution in [0.1, 0.15) is 18.4 Å². The first-order valence-electron chi connectivity index (χ1n) is 7.90.